The Morgan fingerprint density at radius 1 is 1.15 bits per heavy atom. The Bertz CT molecular complexity index is 296. The Balaban J connectivity index is 2.90. The third-order valence-corrected chi connectivity index (χ3v) is 5.69. The highest BCUT2D eigenvalue weighted by molar-refractivity contribution is 7.87. The number of thiol groups is 1. The predicted molar refractivity (Wildman–Crippen MR) is 66.8 cm³/mol. The van der Waals surface area contributed by atoms with E-state index in [9.17, 15) is 0 Å². The lowest BCUT2D eigenvalue weighted by Gasteiger charge is -2.15. The molecule has 0 amide bonds. The minimum Gasteiger partial charge on any atom is -0.152 e. The van der Waals surface area contributed by atoms with Gasteiger partial charge in [0, 0.05) is 0 Å². The maximum atomic E-state index is 4.54. The molecule has 1 rings (SSSR count). The molecule has 0 unspecified atom stereocenters. The van der Waals surface area contributed by atoms with Crippen LogP contribution in [0.4, 0.5) is 0 Å². The molecule has 0 saturated heterocycles. The van der Waals surface area contributed by atoms with Gasteiger partial charge in [0.15, 0.2) is 0 Å². The molecule has 0 atom stereocenters. The largest absolute Gasteiger partial charge is 0.152 e. The van der Waals surface area contributed by atoms with Gasteiger partial charge in [-0.1, -0.05) is 50.0 Å². The molecule has 0 nitrogen and oxygen atoms in total. The Labute approximate surface area is 87.1 Å². The summed E-state index contributed by atoms with van der Waals surface area (Å²) >= 11 is 4.54. The fourth-order valence-corrected chi connectivity index (χ4v) is 1.67. The van der Waals surface area contributed by atoms with Crippen LogP contribution in [0.3, 0.4) is 0 Å². The highest BCUT2D eigenvalue weighted by Gasteiger charge is 2.15. The smallest absolute Gasteiger partial charge is 0.0854 e. The highest BCUT2D eigenvalue weighted by atomic mass is 32.1. The summed E-state index contributed by atoms with van der Waals surface area (Å²) in [6.45, 7) is 6.90. The maximum absolute atomic E-state index is 4.54. The topological polar surface area (TPSA) is 0 Å². The lowest BCUT2D eigenvalue weighted by Crippen LogP contribution is -2.20. The molecule has 13 heavy (non-hydrogen) atoms. The van der Waals surface area contributed by atoms with Crippen molar-refractivity contribution < 1.29 is 0 Å². The average Bonchev–Trinajstić information content (AvgIpc) is 2.04. The van der Waals surface area contributed by atoms with E-state index in [1.54, 1.807) is 0 Å². The van der Waals surface area contributed by atoms with Gasteiger partial charge >= 0.3 is 0 Å². The normalized spacial score (nSPS) is 13.1. The van der Waals surface area contributed by atoms with E-state index in [0.717, 1.165) is 0 Å². The van der Waals surface area contributed by atoms with Gasteiger partial charge in [0.05, 0.1) is 8.07 Å². The van der Waals surface area contributed by atoms with E-state index >= 15 is 0 Å². The minimum atomic E-state index is -1.22. The van der Waals surface area contributed by atoms with E-state index in [2.05, 4.69) is 62.6 Å². The lowest BCUT2D eigenvalue weighted by molar-refractivity contribution is 1.65. The third-order valence-electron chi connectivity index (χ3n) is 1.87. The SMILES string of the molecule is C[Si](C)(C)/C(S)=C/c1ccccc1. The van der Waals surface area contributed by atoms with Crippen molar-refractivity contribution >= 4 is 26.8 Å². The van der Waals surface area contributed by atoms with Crippen LogP contribution < -0.4 is 0 Å². The zero-order valence-electron chi connectivity index (χ0n) is 8.41. The fraction of sp³-hybridized carbons (Fsp3) is 0.273. The van der Waals surface area contributed by atoms with Crippen molar-refractivity contribution in [1.82, 2.24) is 0 Å². The van der Waals surface area contributed by atoms with E-state index in [1.807, 2.05) is 6.07 Å². The molecule has 1 aromatic rings. The van der Waals surface area contributed by atoms with Crippen molar-refractivity contribution in [2.75, 3.05) is 0 Å². The van der Waals surface area contributed by atoms with Gasteiger partial charge in [-0.2, -0.15) is 12.6 Å². The first-order chi connectivity index (χ1) is 6.00. The minimum absolute atomic E-state index is 1.22. The number of benzene rings is 1. The summed E-state index contributed by atoms with van der Waals surface area (Å²) in [7, 11) is -1.22. The molecule has 0 radical (unpaired) electrons. The summed E-state index contributed by atoms with van der Waals surface area (Å²) in [6, 6.07) is 10.4. The Hall–Kier alpha value is -0.473. The first kappa shape index (κ1) is 10.6. The molecule has 0 bridgehead atoms. The van der Waals surface area contributed by atoms with Crippen LogP contribution in [-0.2, 0) is 0 Å². The monoisotopic (exact) mass is 208 g/mol. The van der Waals surface area contributed by atoms with Crippen molar-refractivity contribution in [2.24, 2.45) is 0 Å². The molecular weight excluding hydrogens is 192 g/mol. The molecule has 2 heteroatoms. The molecule has 70 valence electrons. The molecule has 0 heterocycles. The van der Waals surface area contributed by atoms with Gasteiger partial charge in [0.25, 0.3) is 0 Å². The van der Waals surface area contributed by atoms with Crippen molar-refractivity contribution in [3.8, 4) is 0 Å². The van der Waals surface area contributed by atoms with Crippen LogP contribution in [0.5, 0.6) is 0 Å². The highest BCUT2D eigenvalue weighted by Crippen LogP contribution is 2.20. The number of rotatable bonds is 2. The first-order valence-corrected chi connectivity index (χ1v) is 8.41. The van der Waals surface area contributed by atoms with Gasteiger partial charge in [0.2, 0.25) is 0 Å². The Morgan fingerprint density at radius 2 is 1.69 bits per heavy atom. The zero-order valence-corrected chi connectivity index (χ0v) is 10.3. The van der Waals surface area contributed by atoms with Crippen LogP contribution in [0, 0.1) is 0 Å². The second-order valence-electron chi connectivity index (χ2n) is 4.19. The van der Waals surface area contributed by atoms with E-state index in [1.165, 1.54) is 10.1 Å². The standard InChI is InChI=1S/C11H16SSi/c1-13(2,3)11(12)9-10-7-5-4-6-8-10/h4-9,12H,1-3H3/b11-9+. The molecular formula is C11H16SSi. The molecule has 0 aliphatic carbocycles. The Kier molecular flexibility index (Phi) is 3.39. The van der Waals surface area contributed by atoms with Crippen LogP contribution in [0.15, 0.2) is 34.9 Å². The van der Waals surface area contributed by atoms with Crippen molar-refractivity contribution in [3.63, 3.8) is 0 Å². The summed E-state index contributed by atoms with van der Waals surface area (Å²) in [5.41, 5.74) is 1.25. The van der Waals surface area contributed by atoms with Gasteiger partial charge in [-0.25, -0.2) is 0 Å². The van der Waals surface area contributed by atoms with Crippen LogP contribution in [0.1, 0.15) is 5.56 Å². The van der Waals surface area contributed by atoms with Crippen LogP contribution in [0.2, 0.25) is 19.6 Å². The van der Waals surface area contributed by atoms with E-state index in [-0.39, 0.29) is 0 Å². The Morgan fingerprint density at radius 3 is 2.15 bits per heavy atom. The summed E-state index contributed by atoms with van der Waals surface area (Å²) in [4.78, 5) is 0. The summed E-state index contributed by atoms with van der Waals surface area (Å²) in [5.74, 6) is 0. The quantitative estimate of drug-likeness (QED) is 0.554. The van der Waals surface area contributed by atoms with Crippen LogP contribution in [-0.4, -0.2) is 8.07 Å². The first-order valence-electron chi connectivity index (χ1n) is 4.46. The summed E-state index contributed by atoms with van der Waals surface area (Å²) < 4.78 is 1.25. The molecule has 0 N–H and O–H groups in total. The van der Waals surface area contributed by atoms with E-state index in [4.69, 9.17) is 0 Å². The zero-order chi connectivity index (χ0) is 9.90. The van der Waals surface area contributed by atoms with Gasteiger partial charge in [-0.15, -0.1) is 0 Å². The van der Waals surface area contributed by atoms with Gasteiger partial charge in [-0.05, 0) is 16.2 Å². The van der Waals surface area contributed by atoms with Crippen LogP contribution in [0.25, 0.3) is 6.08 Å². The van der Waals surface area contributed by atoms with Crippen molar-refractivity contribution in [3.05, 3.63) is 40.4 Å². The predicted octanol–water partition coefficient (Wildman–Crippen LogP) is 3.83. The molecule has 0 aliphatic rings. The molecule has 0 aliphatic heterocycles. The third kappa shape index (κ3) is 3.41. The fourth-order valence-electron chi connectivity index (χ4n) is 0.924. The molecule has 0 saturated carbocycles. The van der Waals surface area contributed by atoms with Gasteiger partial charge < -0.3 is 0 Å². The molecule has 0 aromatic heterocycles. The second-order valence-corrected chi connectivity index (χ2v) is 10.1. The molecule has 0 spiro atoms. The van der Waals surface area contributed by atoms with E-state index < -0.39 is 8.07 Å². The summed E-state index contributed by atoms with van der Waals surface area (Å²) in [5, 5.41) is 0. The number of hydrogen-bond donors (Lipinski definition) is 1. The van der Waals surface area contributed by atoms with Crippen molar-refractivity contribution in [2.45, 2.75) is 19.6 Å². The lowest BCUT2D eigenvalue weighted by atomic mass is 10.2. The maximum Gasteiger partial charge on any atom is 0.0854 e. The van der Waals surface area contributed by atoms with E-state index in [0.29, 0.717) is 0 Å². The number of hydrogen-bond acceptors (Lipinski definition) is 1. The average molecular weight is 208 g/mol. The molecule has 0 fully saturated rings. The van der Waals surface area contributed by atoms with Gasteiger partial charge in [-0.3, -0.25) is 0 Å². The van der Waals surface area contributed by atoms with Crippen molar-refractivity contribution in [1.29, 1.82) is 0 Å². The van der Waals surface area contributed by atoms with Gasteiger partial charge in [0.1, 0.15) is 0 Å². The summed E-state index contributed by atoms with van der Waals surface area (Å²) in [6.07, 6.45) is 2.18. The molecule has 1 aromatic carbocycles. The van der Waals surface area contributed by atoms with Crippen LogP contribution >= 0.6 is 12.6 Å². The second kappa shape index (κ2) is 4.16.